The van der Waals surface area contributed by atoms with Gasteiger partial charge in [-0.25, -0.2) is 4.79 Å². The predicted octanol–water partition coefficient (Wildman–Crippen LogP) is 4.31. The van der Waals surface area contributed by atoms with Gasteiger partial charge in [0.15, 0.2) is 6.17 Å². The smallest absolute Gasteiger partial charge is 0.417 e. The first-order chi connectivity index (χ1) is 18.7. The number of para-hydroxylation sites is 1. The second-order valence-electron chi connectivity index (χ2n) is 9.54. The Kier molecular flexibility index (Phi) is 8.60. The average Bonchev–Trinajstić information content (AvgIpc) is 2.92. The van der Waals surface area contributed by atoms with Gasteiger partial charge < -0.3 is 20.1 Å². The molecule has 0 bridgehead atoms. The van der Waals surface area contributed by atoms with Gasteiger partial charge in [0.1, 0.15) is 5.75 Å². The number of carboxylic acids is 1. The van der Waals surface area contributed by atoms with E-state index in [9.17, 15) is 24.3 Å². The zero-order valence-corrected chi connectivity index (χ0v) is 21.9. The van der Waals surface area contributed by atoms with Crippen LogP contribution in [0.5, 0.6) is 5.75 Å². The Morgan fingerprint density at radius 1 is 0.897 bits per heavy atom. The molecule has 1 saturated heterocycles. The van der Waals surface area contributed by atoms with E-state index in [1.807, 2.05) is 26.0 Å². The molecule has 0 aromatic heterocycles. The Morgan fingerprint density at radius 2 is 1.56 bits per heavy atom. The van der Waals surface area contributed by atoms with Crippen molar-refractivity contribution in [2.45, 2.75) is 38.9 Å². The molecule has 0 aliphatic carbocycles. The SMILES string of the molecule is Cc1cccc(C(=O)N2CCCN(C(=O)Oc3ccccc3)C2C(=O)NC(CC(=O)O)c2cccc(C)c2)c1. The van der Waals surface area contributed by atoms with Crippen LogP contribution < -0.4 is 10.1 Å². The number of rotatable bonds is 7. The second kappa shape index (κ2) is 12.3. The molecule has 2 unspecified atom stereocenters. The van der Waals surface area contributed by atoms with Gasteiger partial charge in [0.25, 0.3) is 11.8 Å². The van der Waals surface area contributed by atoms with Crippen molar-refractivity contribution >= 4 is 23.9 Å². The number of ether oxygens (including phenoxy) is 1. The van der Waals surface area contributed by atoms with Crippen molar-refractivity contribution in [1.29, 1.82) is 0 Å². The summed E-state index contributed by atoms with van der Waals surface area (Å²) in [6.45, 7) is 4.14. The highest BCUT2D eigenvalue weighted by Gasteiger charge is 2.42. The lowest BCUT2D eigenvalue weighted by molar-refractivity contribution is -0.138. The minimum absolute atomic E-state index is 0.176. The maximum Gasteiger partial charge on any atom is 0.417 e. The van der Waals surface area contributed by atoms with E-state index in [1.165, 1.54) is 9.80 Å². The Balaban J connectivity index is 1.68. The highest BCUT2D eigenvalue weighted by Crippen LogP contribution is 2.24. The van der Waals surface area contributed by atoms with Crippen LogP contribution in [-0.4, -0.2) is 58.0 Å². The van der Waals surface area contributed by atoms with Gasteiger partial charge in [-0.1, -0.05) is 65.7 Å². The van der Waals surface area contributed by atoms with Gasteiger partial charge in [0.05, 0.1) is 12.5 Å². The zero-order chi connectivity index (χ0) is 27.9. The van der Waals surface area contributed by atoms with Crippen molar-refractivity contribution in [3.8, 4) is 5.75 Å². The highest BCUT2D eigenvalue weighted by atomic mass is 16.6. The molecule has 3 aromatic carbocycles. The van der Waals surface area contributed by atoms with E-state index in [4.69, 9.17) is 4.74 Å². The summed E-state index contributed by atoms with van der Waals surface area (Å²) in [6, 6.07) is 21.8. The van der Waals surface area contributed by atoms with Gasteiger partial charge >= 0.3 is 12.1 Å². The van der Waals surface area contributed by atoms with Gasteiger partial charge in [0, 0.05) is 18.7 Å². The van der Waals surface area contributed by atoms with Crippen LogP contribution in [0.3, 0.4) is 0 Å². The van der Waals surface area contributed by atoms with E-state index in [1.54, 1.807) is 66.7 Å². The van der Waals surface area contributed by atoms with Crippen LogP contribution in [0.1, 0.15) is 45.9 Å². The molecule has 0 saturated carbocycles. The lowest BCUT2D eigenvalue weighted by Gasteiger charge is -2.42. The lowest BCUT2D eigenvalue weighted by atomic mass is 10.0. The average molecular weight is 530 g/mol. The molecular weight excluding hydrogens is 498 g/mol. The standard InChI is InChI=1S/C30H31N3O6/c1-20-9-6-11-22(17-20)25(19-26(34)35)31-27(36)28-32(29(37)23-12-7-10-21(2)18-23)15-8-16-33(28)30(38)39-24-13-4-3-5-14-24/h3-7,9-14,17-18,25,28H,8,15-16,19H2,1-2H3,(H,31,36)(H,34,35). The minimum atomic E-state index is -1.34. The van der Waals surface area contributed by atoms with Crippen LogP contribution in [0, 0.1) is 13.8 Å². The van der Waals surface area contributed by atoms with Crippen LogP contribution >= 0.6 is 0 Å². The molecule has 1 heterocycles. The summed E-state index contributed by atoms with van der Waals surface area (Å²) < 4.78 is 5.53. The number of amides is 3. The summed E-state index contributed by atoms with van der Waals surface area (Å²) >= 11 is 0. The third-order valence-corrected chi connectivity index (χ3v) is 6.47. The summed E-state index contributed by atoms with van der Waals surface area (Å²) in [6.07, 6.45) is -2.07. The second-order valence-corrected chi connectivity index (χ2v) is 9.54. The van der Waals surface area contributed by atoms with Gasteiger partial charge in [-0.3, -0.25) is 19.3 Å². The van der Waals surface area contributed by atoms with E-state index in [-0.39, 0.29) is 19.5 Å². The van der Waals surface area contributed by atoms with Crippen molar-refractivity contribution in [1.82, 2.24) is 15.1 Å². The summed E-state index contributed by atoms with van der Waals surface area (Å²) in [5.74, 6) is -1.89. The van der Waals surface area contributed by atoms with Crippen molar-refractivity contribution in [3.05, 3.63) is 101 Å². The fourth-order valence-corrected chi connectivity index (χ4v) is 4.66. The van der Waals surface area contributed by atoms with Crippen molar-refractivity contribution in [3.63, 3.8) is 0 Å². The largest absolute Gasteiger partial charge is 0.481 e. The predicted molar refractivity (Wildman–Crippen MR) is 144 cm³/mol. The van der Waals surface area contributed by atoms with Crippen LogP contribution in [-0.2, 0) is 9.59 Å². The van der Waals surface area contributed by atoms with Crippen LogP contribution in [0.25, 0.3) is 0 Å². The molecule has 2 N–H and O–H groups in total. The number of aliphatic carboxylic acids is 1. The van der Waals surface area contributed by atoms with E-state index in [0.717, 1.165) is 11.1 Å². The van der Waals surface area contributed by atoms with E-state index < -0.39 is 36.1 Å². The molecule has 1 fully saturated rings. The first-order valence-corrected chi connectivity index (χ1v) is 12.7. The molecule has 202 valence electrons. The molecule has 1 aliphatic rings. The Hall–Kier alpha value is -4.66. The van der Waals surface area contributed by atoms with Crippen molar-refractivity contribution in [2.75, 3.05) is 13.1 Å². The molecule has 1 aliphatic heterocycles. The fourth-order valence-electron chi connectivity index (χ4n) is 4.66. The summed E-state index contributed by atoms with van der Waals surface area (Å²) in [5, 5.41) is 12.4. The number of carbonyl (C=O) groups is 4. The molecule has 3 aromatic rings. The third-order valence-electron chi connectivity index (χ3n) is 6.47. The number of benzene rings is 3. The number of nitrogens with zero attached hydrogens (tertiary/aromatic N) is 2. The molecule has 4 rings (SSSR count). The highest BCUT2D eigenvalue weighted by molar-refractivity contribution is 5.98. The Bertz CT molecular complexity index is 1360. The number of carboxylic acid groups (broad SMARTS) is 1. The zero-order valence-electron chi connectivity index (χ0n) is 21.9. The minimum Gasteiger partial charge on any atom is -0.481 e. The monoisotopic (exact) mass is 529 g/mol. The molecular formula is C30H31N3O6. The van der Waals surface area contributed by atoms with E-state index in [2.05, 4.69) is 5.32 Å². The maximum atomic E-state index is 13.9. The van der Waals surface area contributed by atoms with Crippen LogP contribution in [0.2, 0.25) is 0 Å². The molecule has 9 heteroatoms. The van der Waals surface area contributed by atoms with E-state index in [0.29, 0.717) is 23.3 Å². The van der Waals surface area contributed by atoms with Gasteiger partial charge in [-0.15, -0.1) is 0 Å². The Morgan fingerprint density at radius 3 is 2.23 bits per heavy atom. The lowest BCUT2D eigenvalue weighted by Crippen LogP contribution is -2.64. The topological polar surface area (TPSA) is 116 Å². The van der Waals surface area contributed by atoms with Gasteiger partial charge in [-0.2, -0.15) is 0 Å². The normalized spacial score (nSPS) is 15.8. The first-order valence-electron chi connectivity index (χ1n) is 12.7. The fraction of sp³-hybridized carbons (Fsp3) is 0.267. The number of nitrogens with one attached hydrogen (secondary N) is 1. The van der Waals surface area contributed by atoms with Crippen LogP contribution in [0.4, 0.5) is 4.79 Å². The molecule has 0 spiro atoms. The van der Waals surface area contributed by atoms with Crippen molar-refractivity contribution in [2.24, 2.45) is 0 Å². The summed E-state index contributed by atoms with van der Waals surface area (Å²) in [7, 11) is 0. The molecule has 9 nitrogen and oxygen atoms in total. The first kappa shape index (κ1) is 27.4. The molecule has 3 amide bonds. The quantitative estimate of drug-likeness (QED) is 0.471. The Labute approximate surface area is 227 Å². The number of carbonyl (C=O) groups excluding carboxylic acids is 3. The van der Waals surface area contributed by atoms with Crippen molar-refractivity contribution < 1.29 is 29.0 Å². The molecule has 0 radical (unpaired) electrons. The summed E-state index contributed by atoms with van der Waals surface area (Å²) in [4.78, 5) is 55.1. The number of aryl methyl sites for hydroxylation is 2. The summed E-state index contributed by atoms with van der Waals surface area (Å²) in [5.41, 5.74) is 2.77. The molecule has 39 heavy (non-hydrogen) atoms. The maximum absolute atomic E-state index is 13.9. The molecule has 2 atom stereocenters. The third kappa shape index (κ3) is 6.81. The van der Waals surface area contributed by atoms with Gasteiger partial charge in [0.2, 0.25) is 0 Å². The van der Waals surface area contributed by atoms with Crippen LogP contribution in [0.15, 0.2) is 78.9 Å². The van der Waals surface area contributed by atoms with E-state index >= 15 is 0 Å². The number of hydrogen-bond acceptors (Lipinski definition) is 5. The number of hydrogen-bond donors (Lipinski definition) is 2. The van der Waals surface area contributed by atoms with Gasteiger partial charge in [-0.05, 0) is 50.1 Å².